The van der Waals surface area contributed by atoms with Gasteiger partial charge in [-0.25, -0.2) is 0 Å². The molecule has 3 N–H and O–H groups in total. The minimum atomic E-state index is 0. The second-order valence-corrected chi connectivity index (χ2v) is 5.54. The molecule has 2 aliphatic rings. The van der Waals surface area contributed by atoms with E-state index in [9.17, 15) is 0 Å². The van der Waals surface area contributed by atoms with Gasteiger partial charge >= 0.3 is 0 Å². The zero-order chi connectivity index (χ0) is 13.3. The zero-order valence-electron chi connectivity index (χ0n) is 11.8. The quantitative estimate of drug-likeness (QED) is 0.443. The van der Waals surface area contributed by atoms with Crippen LogP contribution in [0.15, 0.2) is 29.3 Å². The number of rotatable bonds is 1. The van der Waals surface area contributed by atoms with Crippen molar-refractivity contribution >= 4 is 29.9 Å². The molecule has 1 aromatic carbocycles. The van der Waals surface area contributed by atoms with Gasteiger partial charge in [0, 0.05) is 19.0 Å². The van der Waals surface area contributed by atoms with E-state index < -0.39 is 0 Å². The van der Waals surface area contributed by atoms with Crippen molar-refractivity contribution in [2.75, 3.05) is 7.05 Å². The molecule has 0 radical (unpaired) electrons. The normalized spacial score (nSPS) is 23.6. The Bertz CT molecular complexity index is 498. The summed E-state index contributed by atoms with van der Waals surface area (Å²) in [5.41, 5.74) is 7.03. The van der Waals surface area contributed by atoms with Crippen LogP contribution in [0.3, 0.4) is 0 Å². The summed E-state index contributed by atoms with van der Waals surface area (Å²) in [4.78, 5) is 4.01. The third-order valence-electron chi connectivity index (χ3n) is 4.27. The van der Waals surface area contributed by atoms with E-state index in [1.54, 1.807) is 7.05 Å². The Balaban J connectivity index is 0.00000147. The van der Waals surface area contributed by atoms with Gasteiger partial charge in [-0.05, 0) is 31.7 Å². The van der Waals surface area contributed by atoms with Crippen LogP contribution < -0.4 is 15.8 Å². The van der Waals surface area contributed by atoms with E-state index >= 15 is 0 Å². The number of benzene rings is 1. The Hall–Kier alpha value is -0.980. The van der Waals surface area contributed by atoms with Crippen LogP contribution in [0.4, 0.5) is 0 Å². The number of nitrogens with two attached hydrogens (primary N) is 1. The molecule has 20 heavy (non-hydrogen) atoms. The van der Waals surface area contributed by atoms with Crippen molar-refractivity contribution < 1.29 is 4.74 Å². The van der Waals surface area contributed by atoms with Gasteiger partial charge in [0.15, 0.2) is 5.96 Å². The summed E-state index contributed by atoms with van der Waals surface area (Å²) < 4.78 is 6.31. The first-order chi connectivity index (χ1) is 9.22. The lowest BCUT2D eigenvalue weighted by Crippen LogP contribution is -2.45. The van der Waals surface area contributed by atoms with Crippen molar-refractivity contribution in [1.29, 1.82) is 0 Å². The second kappa shape index (κ2) is 6.20. The summed E-state index contributed by atoms with van der Waals surface area (Å²) in [6.07, 6.45) is 5.77. The third kappa shape index (κ3) is 2.87. The lowest BCUT2D eigenvalue weighted by molar-refractivity contribution is 0.0397. The molecule has 1 aromatic rings. The van der Waals surface area contributed by atoms with E-state index in [4.69, 9.17) is 10.5 Å². The molecule has 1 heterocycles. The maximum absolute atomic E-state index is 6.31. The molecule has 3 rings (SSSR count). The first-order valence-corrected chi connectivity index (χ1v) is 6.99. The Morgan fingerprint density at radius 2 is 2.05 bits per heavy atom. The molecule has 1 aliphatic carbocycles. The van der Waals surface area contributed by atoms with Crippen molar-refractivity contribution in [3.8, 4) is 5.75 Å². The van der Waals surface area contributed by atoms with Gasteiger partial charge in [0.25, 0.3) is 0 Å². The number of nitrogens with zero attached hydrogens (tertiary/aromatic N) is 1. The molecule has 0 amide bonds. The Labute approximate surface area is 137 Å². The van der Waals surface area contributed by atoms with Crippen LogP contribution in [-0.2, 0) is 0 Å². The summed E-state index contributed by atoms with van der Waals surface area (Å²) >= 11 is 0. The standard InChI is InChI=1S/C15H21N3O.HI/c1-17-14(16)18-12-10-15(8-4-5-9-15)19-13-7-3-2-6-11(12)13;/h2-3,6-7,12H,4-5,8-10H2,1H3,(H3,16,17,18);1H. The predicted octanol–water partition coefficient (Wildman–Crippen LogP) is 2.98. The van der Waals surface area contributed by atoms with Crippen molar-refractivity contribution in [3.63, 3.8) is 0 Å². The second-order valence-electron chi connectivity index (χ2n) is 5.54. The number of hydrogen-bond donors (Lipinski definition) is 2. The number of halogens is 1. The molecular formula is C15H22IN3O. The Morgan fingerprint density at radius 3 is 2.75 bits per heavy atom. The number of hydrogen-bond acceptors (Lipinski definition) is 2. The van der Waals surface area contributed by atoms with E-state index in [1.807, 2.05) is 12.1 Å². The van der Waals surface area contributed by atoms with Crippen LogP contribution in [0.5, 0.6) is 5.75 Å². The van der Waals surface area contributed by atoms with E-state index in [1.165, 1.54) is 18.4 Å². The predicted molar refractivity (Wildman–Crippen MR) is 91.7 cm³/mol. The molecule has 110 valence electrons. The number of ether oxygens (including phenoxy) is 1. The highest BCUT2D eigenvalue weighted by atomic mass is 127. The molecule has 1 atom stereocenters. The Kier molecular flexibility index (Phi) is 4.78. The highest BCUT2D eigenvalue weighted by molar-refractivity contribution is 14.0. The summed E-state index contributed by atoms with van der Waals surface area (Å²) in [6, 6.07) is 8.44. The van der Waals surface area contributed by atoms with E-state index in [-0.39, 0.29) is 35.6 Å². The summed E-state index contributed by atoms with van der Waals surface area (Å²) in [6.45, 7) is 0. The average Bonchev–Trinajstić information content (AvgIpc) is 2.86. The molecule has 1 spiro atoms. The SMILES string of the molecule is CN=C(N)NC1CC2(CCCC2)Oc2ccccc21.I. The lowest BCUT2D eigenvalue weighted by atomic mass is 9.86. The maximum atomic E-state index is 6.31. The van der Waals surface area contributed by atoms with E-state index in [0.29, 0.717) is 5.96 Å². The van der Waals surface area contributed by atoms with Crippen LogP contribution >= 0.6 is 24.0 Å². The molecule has 4 nitrogen and oxygen atoms in total. The van der Waals surface area contributed by atoms with E-state index in [0.717, 1.165) is 25.0 Å². The van der Waals surface area contributed by atoms with Gasteiger partial charge in [0.1, 0.15) is 11.4 Å². The molecule has 1 fully saturated rings. The number of fused-ring (bicyclic) bond motifs is 1. The van der Waals surface area contributed by atoms with E-state index in [2.05, 4.69) is 22.4 Å². The molecule has 0 saturated heterocycles. The molecule has 1 aliphatic heterocycles. The fraction of sp³-hybridized carbons (Fsp3) is 0.533. The minimum absolute atomic E-state index is 0. The van der Waals surface area contributed by atoms with Gasteiger partial charge in [-0.2, -0.15) is 0 Å². The van der Waals surface area contributed by atoms with Crippen LogP contribution in [-0.4, -0.2) is 18.6 Å². The number of nitrogens with one attached hydrogen (secondary N) is 1. The van der Waals surface area contributed by atoms with Gasteiger partial charge in [-0.1, -0.05) is 18.2 Å². The molecule has 1 unspecified atom stereocenters. The topological polar surface area (TPSA) is 59.6 Å². The Morgan fingerprint density at radius 1 is 1.35 bits per heavy atom. The summed E-state index contributed by atoms with van der Waals surface area (Å²) in [5, 5.41) is 3.32. The molecule has 0 bridgehead atoms. The molecule has 0 aromatic heterocycles. The smallest absolute Gasteiger partial charge is 0.188 e. The van der Waals surface area contributed by atoms with Crippen LogP contribution in [0, 0.1) is 0 Å². The fourth-order valence-corrected chi connectivity index (χ4v) is 3.32. The van der Waals surface area contributed by atoms with Crippen LogP contribution in [0.1, 0.15) is 43.7 Å². The summed E-state index contributed by atoms with van der Waals surface area (Å²) in [5.74, 6) is 1.49. The summed E-state index contributed by atoms with van der Waals surface area (Å²) in [7, 11) is 1.71. The van der Waals surface area contributed by atoms with Crippen LogP contribution in [0.25, 0.3) is 0 Å². The van der Waals surface area contributed by atoms with Gasteiger partial charge in [-0.3, -0.25) is 4.99 Å². The van der Waals surface area contributed by atoms with Gasteiger partial charge in [-0.15, -0.1) is 24.0 Å². The monoisotopic (exact) mass is 387 g/mol. The zero-order valence-corrected chi connectivity index (χ0v) is 14.1. The van der Waals surface area contributed by atoms with Crippen molar-refractivity contribution in [2.24, 2.45) is 10.7 Å². The highest BCUT2D eigenvalue weighted by Crippen LogP contribution is 2.46. The highest BCUT2D eigenvalue weighted by Gasteiger charge is 2.43. The average molecular weight is 387 g/mol. The third-order valence-corrected chi connectivity index (χ3v) is 4.27. The van der Waals surface area contributed by atoms with Gasteiger partial charge in [0.05, 0.1) is 6.04 Å². The van der Waals surface area contributed by atoms with Crippen LogP contribution in [0.2, 0.25) is 0 Å². The van der Waals surface area contributed by atoms with Crippen molar-refractivity contribution in [2.45, 2.75) is 43.7 Å². The minimum Gasteiger partial charge on any atom is -0.487 e. The number of aliphatic imine (C=N–C) groups is 1. The number of para-hydroxylation sites is 1. The first kappa shape index (κ1) is 15.4. The molecular weight excluding hydrogens is 365 g/mol. The molecule has 5 heteroatoms. The van der Waals surface area contributed by atoms with Gasteiger partial charge in [0.2, 0.25) is 0 Å². The molecule has 1 saturated carbocycles. The lowest BCUT2D eigenvalue weighted by Gasteiger charge is -2.40. The van der Waals surface area contributed by atoms with Crippen molar-refractivity contribution in [3.05, 3.63) is 29.8 Å². The largest absolute Gasteiger partial charge is 0.487 e. The maximum Gasteiger partial charge on any atom is 0.188 e. The fourth-order valence-electron chi connectivity index (χ4n) is 3.32. The number of guanidine groups is 1. The van der Waals surface area contributed by atoms with Crippen molar-refractivity contribution in [1.82, 2.24) is 5.32 Å². The first-order valence-electron chi connectivity index (χ1n) is 6.99. The van der Waals surface area contributed by atoms with Gasteiger partial charge < -0.3 is 15.8 Å².